The predicted molar refractivity (Wildman–Crippen MR) is 140 cm³/mol. The number of Topliss-reactive ketones (excluding diaryl/α,β-unsaturated/α-hetero) is 1. The van der Waals surface area contributed by atoms with Gasteiger partial charge < -0.3 is 24.4 Å². The zero-order chi connectivity index (χ0) is 26.6. The lowest BCUT2D eigenvalue weighted by Crippen LogP contribution is -2.52. The first-order chi connectivity index (χ1) is 18.3. The molecule has 2 aromatic rings. The van der Waals surface area contributed by atoms with Gasteiger partial charge in [0.25, 0.3) is 17.6 Å². The first-order valence-electron chi connectivity index (χ1n) is 13.1. The highest BCUT2D eigenvalue weighted by atomic mass is 16.5. The lowest BCUT2D eigenvalue weighted by Gasteiger charge is -2.35. The van der Waals surface area contributed by atoms with Gasteiger partial charge in [-0.1, -0.05) is 18.2 Å². The molecular weight excluding hydrogens is 486 g/mol. The van der Waals surface area contributed by atoms with E-state index in [-0.39, 0.29) is 24.0 Å². The summed E-state index contributed by atoms with van der Waals surface area (Å²) in [4.78, 5) is 46.5. The number of amides is 2. The van der Waals surface area contributed by atoms with Crippen molar-refractivity contribution in [3.05, 3.63) is 64.7 Å². The average Bonchev–Trinajstić information content (AvgIpc) is 3.49. The van der Waals surface area contributed by atoms with E-state index in [2.05, 4.69) is 4.90 Å². The van der Waals surface area contributed by atoms with Crippen LogP contribution in [0.15, 0.2) is 48.0 Å². The second kappa shape index (κ2) is 9.25. The van der Waals surface area contributed by atoms with Crippen LogP contribution in [0.5, 0.6) is 5.75 Å². The van der Waals surface area contributed by atoms with Crippen LogP contribution in [-0.2, 0) is 31.1 Å². The maximum Gasteiger partial charge on any atom is 0.296 e. The second-order valence-electron chi connectivity index (χ2n) is 10.4. The Bertz CT molecular complexity index is 1360. The minimum Gasteiger partial charge on any atom is -0.507 e. The summed E-state index contributed by atoms with van der Waals surface area (Å²) in [7, 11) is 1.64. The van der Waals surface area contributed by atoms with Gasteiger partial charge in [-0.2, -0.15) is 0 Å². The third kappa shape index (κ3) is 3.56. The van der Waals surface area contributed by atoms with E-state index in [1.54, 1.807) is 43.4 Å². The molecule has 198 valence electrons. The zero-order valence-electron chi connectivity index (χ0n) is 21.6. The van der Waals surface area contributed by atoms with Crippen LogP contribution in [0.4, 0.5) is 5.69 Å². The Morgan fingerprint density at radius 1 is 1.08 bits per heavy atom. The Balaban J connectivity index is 1.46. The SMILES string of the molecule is CC1Cc2cc(/C(O)=C3\C(=O)C(=O)N(CCCN4CCOCC4)C34C(=O)N(C)c3ccccc34)ccc2O1. The first kappa shape index (κ1) is 24.6. The van der Waals surface area contributed by atoms with Crippen molar-refractivity contribution in [1.29, 1.82) is 0 Å². The topological polar surface area (TPSA) is 99.6 Å². The lowest BCUT2D eigenvalue weighted by molar-refractivity contribution is -0.143. The number of carbonyl (C=O) groups excluding carboxylic acids is 3. The molecule has 2 saturated heterocycles. The number of carbonyl (C=O) groups is 3. The molecule has 0 saturated carbocycles. The molecule has 9 heteroatoms. The molecule has 38 heavy (non-hydrogen) atoms. The van der Waals surface area contributed by atoms with Gasteiger partial charge >= 0.3 is 0 Å². The quantitative estimate of drug-likeness (QED) is 0.369. The van der Waals surface area contributed by atoms with Gasteiger partial charge in [0.05, 0.1) is 18.8 Å². The normalized spacial score (nSPS) is 26.3. The van der Waals surface area contributed by atoms with E-state index < -0.39 is 23.1 Å². The Morgan fingerprint density at radius 2 is 1.84 bits per heavy atom. The van der Waals surface area contributed by atoms with E-state index in [1.807, 2.05) is 13.0 Å². The number of aliphatic hydroxyl groups excluding tert-OH is 1. The van der Waals surface area contributed by atoms with E-state index in [0.717, 1.165) is 24.4 Å². The van der Waals surface area contributed by atoms with Crippen molar-refractivity contribution < 1.29 is 29.0 Å². The molecule has 2 fully saturated rings. The van der Waals surface area contributed by atoms with E-state index in [4.69, 9.17) is 9.47 Å². The number of likely N-dealkylation sites (tertiary alicyclic amines) is 1. The minimum atomic E-state index is -1.72. The summed E-state index contributed by atoms with van der Waals surface area (Å²) in [6, 6.07) is 12.4. The van der Waals surface area contributed by atoms with Crippen molar-refractivity contribution >= 4 is 29.0 Å². The number of nitrogens with zero attached hydrogens (tertiary/aromatic N) is 3. The van der Waals surface area contributed by atoms with Gasteiger partial charge in [-0.3, -0.25) is 19.3 Å². The number of morpholine rings is 1. The van der Waals surface area contributed by atoms with Crippen LogP contribution in [0.1, 0.15) is 30.0 Å². The van der Waals surface area contributed by atoms with Gasteiger partial charge in [0.2, 0.25) is 0 Å². The van der Waals surface area contributed by atoms with Crippen LogP contribution in [-0.4, -0.2) is 85.0 Å². The van der Waals surface area contributed by atoms with Crippen molar-refractivity contribution in [1.82, 2.24) is 9.80 Å². The van der Waals surface area contributed by atoms with Gasteiger partial charge in [-0.05, 0) is 43.2 Å². The monoisotopic (exact) mass is 517 g/mol. The number of hydrogen-bond donors (Lipinski definition) is 1. The summed E-state index contributed by atoms with van der Waals surface area (Å²) in [5.41, 5.74) is 0.523. The molecule has 4 aliphatic heterocycles. The van der Waals surface area contributed by atoms with Crippen LogP contribution >= 0.6 is 0 Å². The minimum absolute atomic E-state index is 0.00923. The molecule has 9 nitrogen and oxygen atoms in total. The Labute approximate surface area is 221 Å². The number of para-hydroxylation sites is 1. The number of aliphatic hydroxyl groups is 1. The molecule has 1 N–H and O–H groups in total. The van der Waals surface area contributed by atoms with Crippen molar-refractivity contribution in [3.63, 3.8) is 0 Å². The fourth-order valence-corrected chi connectivity index (χ4v) is 6.26. The molecule has 4 heterocycles. The van der Waals surface area contributed by atoms with Crippen LogP contribution in [0.2, 0.25) is 0 Å². The molecule has 2 unspecified atom stereocenters. The molecule has 4 aliphatic rings. The van der Waals surface area contributed by atoms with E-state index in [0.29, 0.717) is 49.4 Å². The molecule has 0 aromatic heterocycles. The van der Waals surface area contributed by atoms with Crippen LogP contribution in [0.25, 0.3) is 5.76 Å². The molecule has 1 spiro atoms. The maximum atomic E-state index is 14.1. The van der Waals surface area contributed by atoms with E-state index >= 15 is 0 Å². The summed E-state index contributed by atoms with van der Waals surface area (Å²) in [6.07, 6.45) is 1.25. The molecule has 0 bridgehead atoms. The summed E-state index contributed by atoms with van der Waals surface area (Å²) in [5, 5.41) is 11.7. The van der Waals surface area contributed by atoms with Crippen molar-refractivity contribution in [2.75, 3.05) is 51.3 Å². The number of anilines is 1. The molecular formula is C29H31N3O6. The van der Waals surface area contributed by atoms with Crippen molar-refractivity contribution in [2.24, 2.45) is 0 Å². The number of hydrogen-bond acceptors (Lipinski definition) is 7. The second-order valence-corrected chi connectivity index (χ2v) is 10.4. The number of benzene rings is 2. The third-order valence-electron chi connectivity index (χ3n) is 8.07. The molecule has 2 aromatic carbocycles. The van der Waals surface area contributed by atoms with Crippen molar-refractivity contribution in [2.45, 2.75) is 31.4 Å². The molecule has 6 rings (SSSR count). The first-order valence-corrected chi connectivity index (χ1v) is 13.1. The van der Waals surface area contributed by atoms with Crippen LogP contribution in [0, 0.1) is 0 Å². The van der Waals surface area contributed by atoms with Gasteiger partial charge in [-0.15, -0.1) is 0 Å². The summed E-state index contributed by atoms with van der Waals surface area (Å²) in [5.74, 6) is -1.67. The number of rotatable bonds is 5. The standard InChI is InChI=1S/C29H31N3O6/c1-18-16-20-17-19(8-9-23(20)38-18)25(33)24-26(34)27(35)32(11-5-10-31-12-14-37-15-13-31)29(24)21-6-3-4-7-22(21)30(2)28(29)36/h3-4,6-9,17-18,33H,5,10-16H2,1-2H3/b25-24-. The van der Waals surface area contributed by atoms with Gasteiger partial charge in [0, 0.05) is 56.5 Å². The van der Waals surface area contributed by atoms with Crippen LogP contribution in [0.3, 0.4) is 0 Å². The Morgan fingerprint density at radius 3 is 2.63 bits per heavy atom. The maximum absolute atomic E-state index is 14.1. The van der Waals surface area contributed by atoms with Gasteiger partial charge in [-0.25, -0.2) is 0 Å². The van der Waals surface area contributed by atoms with Gasteiger partial charge in [0.1, 0.15) is 17.6 Å². The lowest BCUT2D eigenvalue weighted by atomic mass is 9.81. The number of likely N-dealkylation sites (N-methyl/N-ethyl adjacent to an activating group) is 1. The number of ether oxygens (including phenoxy) is 2. The Kier molecular flexibility index (Phi) is 6.00. The molecule has 2 amide bonds. The Hall–Kier alpha value is -3.69. The molecule has 0 radical (unpaired) electrons. The molecule has 0 aliphatic carbocycles. The summed E-state index contributed by atoms with van der Waals surface area (Å²) < 4.78 is 11.2. The predicted octanol–water partition coefficient (Wildman–Crippen LogP) is 2.28. The highest BCUT2D eigenvalue weighted by molar-refractivity contribution is 6.50. The van der Waals surface area contributed by atoms with E-state index in [9.17, 15) is 19.5 Å². The van der Waals surface area contributed by atoms with E-state index in [1.165, 1.54) is 9.80 Å². The zero-order valence-corrected chi connectivity index (χ0v) is 21.6. The highest BCUT2D eigenvalue weighted by Crippen LogP contribution is 2.53. The summed E-state index contributed by atoms with van der Waals surface area (Å²) >= 11 is 0. The molecule has 2 atom stereocenters. The highest BCUT2D eigenvalue weighted by Gasteiger charge is 2.66. The van der Waals surface area contributed by atoms with Crippen molar-refractivity contribution in [3.8, 4) is 5.75 Å². The number of ketones is 1. The van der Waals surface area contributed by atoms with Gasteiger partial charge in [0.15, 0.2) is 5.54 Å². The fraction of sp³-hybridized carbons (Fsp3) is 0.414. The average molecular weight is 518 g/mol. The van der Waals surface area contributed by atoms with Crippen LogP contribution < -0.4 is 9.64 Å². The fourth-order valence-electron chi connectivity index (χ4n) is 6.26. The summed E-state index contributed by atoms with van der Waals surface area (Å²) in [6.45, 7) is 5.79. The largest absolute Gasteiger partial charge is 0.507 e. The smallest absolute Gasteiger partial charge is 0.296 e. The third-order valence-corrected chi connectivity index (χ3v) is 8.07. The number of fused-ring (bicyclic) bond motifs is 3.